The fourth-order valence-corrected chi connectivity index (χ4v) is 2.10. The fourth-order valence-electron chi connectivity index (χ4n) is 2.10. The van der Waals surface area contributed by atoms with Gasteiger partial charge in [-0.15, -0.1) is 0 Å². The minimum absolute atomic E-state index is 0.0691. The fraction of sp³-hybridized carbons (Fsp3) is 0.353. The molecule has 2 amide bonds. The van der Waals surface area contributed by atoms with Crippen molar-refractivity contribution in [3.63, 3.8) is 0 Å². The number of hydrogen-bond donors (Lipinski definition) is 2. The number of carbonyl (C=O) groups is 2. The first-order chi connectivity index (χ1) is 11.5. The number of aromatic nitrogens is 1. The number of ether oxygens (including phenoxy) is 1. The van der Waals surface area contributed by atoms with Crippen LogP contribution in [0.2, 0.25) is 0 Å². The van der Waals surface area contributed by atoms with Crippen molar-refractivity contribution >= 4 is 11.8 Å². The molecule has 0 aliphatic heterocycles. The highest BCUT2D eigenvalue weighted by Crippen LogP contribution is 2.18. The molecule has 1 aromatic carbocycles. The molecule has 2 aromatic rings. The van der Waals surface area contributed by atoms with Crippen molar-refractivity contribution in [2.75, 3.05) is 19.7 Å². The molecule has 0 saturated heterocycles. The molecule has 0 spiro atoms. The van der Waals surface area contributed by atoms with Crippen molar-refractivity contribution in [2.45, 2.75) is 20.8 Å². The summed E-state index contributed by atoms with van der Waals surface area (Å²) in [6.45, 7) is 6.16. The molecular formula is C17H21N3O4. The number of aryl methyl sites for hydroxylation is 3. The van der Waals surface area contributed by atoms with E-state index in [1.807, 2.05) is 32.0 Å². The molecule has 0 atom stereocenters. The van der Waals surface area contributed by atoms with E-state index in [0.29, 0.717) is 24.6 Å². The summed E-state index contributed by atoms with van der Waals surface area (Å²) in [4.78, 5) is 23.4. The predicted molar refractivity (Wildman–Crippen MR) is 88.0 cm³/mol. The van der Waals surface area contributed by atoms with Crippen LogP contribution in [0.15, 0.2) is 28.8 Å². The van der Waals surface area contributed by atoms with E-state index < -0.39 is 0 Å². The Morgan fingerprint density at radius 1 is 1.12 bits per heavy atom. The maximum atomic E-state index is 11.7. The lowest BCUT2D eigenvalue weighted by molar-refractivity contribution is -0.123. The van der Waals surface area contributed by atoms with E-state index in [-0.39, 0.29) is 24.1 Å². The number of nitrogens with zero attached hydrogens (tertiary/aromatic N) is 1. The van der Waals surface area contributed by atoms with E-state index in [4.69, 9.17) is 9.26 Å². The molecule has 0 radical (unpaired) electrons. The Morgan fingerprint density at radius 2 is 1.88 bits per heavy atom. The molecule has 0 aliphatic rings. The van der Waals surface area contributed by atoms with Crippen LogP contribution in [0.5, 0.6) is 5.75 Å². The number of nitrogens with one attached hydrogen (secondary N) is 2. The zero-order chi connectivity index (χ0) is 17.5. The Hall–Kier alpha value is -2.83. The van der Waals surface area contributed by atoms with Crippen LogP contribution in [0.4, 0.5) is 0 Å². The molecule has 7 nitrogen and oxygen atoms in total. The lowest BCUT2D eigenvalue weighted by atomic mass is 10.1. The first-order valence-electron chi connectivity index (χ1n) is 7.64. The summed E-state index contributed by atoms with van der Waals surface area (Å²) in [5.41, 5.74) is 2.34. The zero-order valence-electron chi connectivity index (χ0n) is 14.0. The predicted octanol–water partition coefficient (Wildman–Crippen LogP) is 1.52. The second kappa shape index (κ2) is 8.14. The molecule has 2 N–H and O–H groups in total. The van der Waals surface area contributed by atoms with E-state index >= 15 is 0 Å². The van der Waals surface area contributed by atoms with Gasteiger partial charge in [-0.2, -0.15) is 0 Å². The Morgan fingerprint density at radius 3 is 2.54 bits per heavy atom. The van der Waals surface area contributed by atoms with Gasteiger partial charge in [-0.25, -0.2) is 0 Å². The molecule has 2 rings (SSSR count). The van der Waals surface area contributed by atoms with Gasteiger partial charge in [0.05, 0.1) is 0 Å². The highest BCUT2D eigenvalue weighted by atomic mass is 16.5. The maximum Gasteiger partial charge on any atom is 0.273 e. The van der Waals surface area contributed by atoms with Crippen LogP contribution < -0.4 is 15.4 Å². The highest BCUT2D eigenvalue weighted by molar-refractivity contribution is 5.92. The largest absolute Gasteiger partial charge is 0.484 e. The summed E-state index contributed by atoms with van der Waals surface area (Å²) in [7, 11) is 0. The monoisotopic (exact) mass is 331 g/mol. The van der Waals surface area contributed by atoms with Crippen LogP contribution in [0.3, 0.4) is 0 Å². The van der Waals surface area contributed by atoms with Crippen molar-refractivity contribution in [3.8, 4) is 5.75 Å². The van der Waals surface area contributed by atoms with Crippen molar-refractivity contribution < 1.29 is 18.8 Å². The van der Waals surface area contributed by atoms with Crippen molar-refractivity contribution in [1.29, 1.82) is 0 Å². The Balaban J connectivity index is 1.65. The summed E-state index contributed by atoms with van der Waals surface area (Å²) in [5, 5.41) is 8.93. The summed E-state index contributed by atoms with van der Waals surface area (Å²) in [6.07, 6.45) is 0. The molecule has 0 unspecified atom stereocenters. The van der Waals surface area contributed by atoms with Crippen LogP contribution in [-0.2, 0) is 4.79 Å². The van der Waals surface area contributed by atoms with Crippen molar-refractivity contribution in [2.24, 2.45) is 0 Å². The third-order valence-electron chi connectivity index (χ3n) is 3.28. The average Bonchev–Trinajstić information content (AvgIpc) is 2.97. The van der Waals surface area contributed by atoms with Crippen LogP contribution in [0, 0.1) is 20.8 Å². The van der Waals surface area contributed by atoms with Gasteiger partial charge in [0.1, 0.15) is 11.5 Å². The van der Waals surface area contributed by atoms with Gasteiger partial charge in [0.15, 0.2) is 12.3 Å². The van der Waals surface area contributed by atoms with Crippen LogP contribution >= 0.6 is 0 Å². The Labute approximate surface area is 140 Å². The lowest BCUT2D eigenvalue weighted by Gasteiger charge is -2.10. The molecular weight excluding hydrogens is 310 g/mol. The average molecular weight is 331 g/mol. The minimum Gasteiger partial charge on any atom is -0.484 e. The number of rotatable bonds is 7. The first-order valence-corrected chi connectivity index (χ1v) is 7.64. The zero-order valence-corrected chi connectivity index (χ0v) is 14.0. The minimum atomic E-state index is -0.340. The molecule has 1 heterocycles. The molecule has 128 valence electrons. The van der Waals surface area contributed by atoms with E-state index in [0.717, 1.165) is 11.1 Å². The van der Waals surface area contributed by atoms with E-state index in [1.165, 1.54) is 0 Å². The lowest BCUT2D eigenvalue weighted by Crippen LogP contribution is -2.36. The van der Waals surface area contributed by atoms with E-state index in [1.54, 1.807) is 13.0 Å². The molecule has 24 heavy (non-hydrogen) atoms. The summed E-state index contributed by atoms with van der Waals surface area (Å²) >= 11 is 0. The number of hydrogen-bond acceptors (Lipinski definition) is 5. The number of amides is 2. The molecule has 7 heteroatoms. The van der Waals surface area contributed by atoms with Gasteiger partial charge in [-0.3, -0.25) is 9.59 Å². The second-order valence-corrected chi connectivity index (χ2v) is 5.49. The van der Waals surface area contributed by atoms with Crippen LogP contribution in [0.1, 0.15) is 27.4 Å². The molecule has 0 fully saturated rings. The Kier molecular flexibility index (Phi) is 5.95. The van der Waals surface area contributed by atoms with Gasteiger partial charge in [0, 0.05) is 19.2 Å². The second-order valence-electron chi connectivity index (χ2n) is 5.49. The number of carbonyl (C=O) groups excluding carboxylic acids is 2. The van der Waals surface area contributed by atoms with Gasteiger partial charge in [0.25, 0.3) is 11.8 Å². The van der Waals surface area contributed by atoms with Crippen LogP contribution in [-0.4, -0.2) is 36.7 Å². The highest BCUT2D eigenvalue weighted by Gasteiger charge is 2.10. The quantitative estimate of drug-likeness (QED) is 0.750. The molecule has 0 saturated carbocycles. The smallest absolute Gasteiger partial charge is 0.273 e. The van der Waals surface area contributed by atoms with E-state index in [9.17, 15) is 9.59 Å². The van der Waals surface area contributed by atoms with Crippen molar-refractivity contribution in [3.05, 3.63) is 46.8 Å². The third kappa shape index (κ3) is 5.12. The third-order valence-corrected chi connectivity index (χ3v) is 3.28. The molecule has 0 bridgehead atoms. The first kappa shape index (κ1) is 17.5. The van der Waals surface area contributed by atoms with Gasteiger partial charge in [-0.1, -0.05) is 22.9 Å². The number of benzene rings is 1. The summed E-state index contributed by atoms with van der Waals surface area (Å²) < 4.78 is 10.3. The normalized spacial score (nSPS) is 10.3. The summed E-state index contributed by atoms with van der Waals surface area (Å²) in [5.74, 6) is 0.664. The van der Waals surface area contributed by atoms with Crippen molar-refractivity contribution in [1.82, 2.24) is 15.8 Å². The topological polar surface area (TPSA) is 93.5 Å². The molecule has 1 aromatic heterocycles. The molecule has 0 aliphatic carbocycles. The van der Waals surface area contributed by atoms with Gasteiger partial charge >= 0.3 is 0 Å². The SMILES string of the molecule is Cc1ccc(OCC(=O)NCCNC(=O)c2cc(C)on2)c(C)c1. The Bertz CT molecular complexity index is 724. The van der Waals surface area contributed by atoms with Gasteiger partial charge < -0.3 is 19.9 Å². The standard InChI is InChI=1S/C17H21N3O4/c1-11-4-5-15(12(2)8-11)23-10-16(21)18-6-7-19-17(22)14-9-13(3)24-20-14/h4-5,8-9H,6-7,10H2,1-3H3,(H,18,21)(H,19,22). The summed E-state index contributed by atoms with van der Waals surface area (Å²) in [6, 6.07) is 7.32. The van der Waals surface area contributed by atoms with Gasteiger partial charge in [0.2, 0.25) is 0 Å². The maximum absolute atomic E-state index is 11.7. The van der Waals surface area contributed by atoms with Crippen LogP contribution in [0.25, 0.3) is 0 Å². The van der Waals surface area contributed by atoms with Gasteiger partial charge in [-0.05, 0) is 32.4 Å². The van der Waals surface area contributed by atoms with E-state index in [2.05, 4.69) is 15.8 Å².